The Hall–Kier alpha value is -2.86. The maximum atomic E-state index is 12.6. The van der Waals surface area contributed by atoms with Gasteiger partial charge in [0.05, 0.1) is 12.8 Å². The van der Waals surface area contributed by atoms with Crippen LogP contribution in [-0.4, -0.2) is 30.7 Å². The summed E-state index contributed by atoms with van der Waals surface area (Å²) in [6, 6.07) is 13.2. The van der Waals surface area contributed by atoms with Crippen LogP contribution in [0.5, 0.6) is 5.75 Å². The SMILES string of the molecule is CCOc1cccc(/C=N/NC(=O)C(CC(C)C)NC(=O)c2ccc(Cl)cc2)c1. The topological polar surface area (TPSA) is 79.8 Å². The predicted molar refractivity (Wildman–Crippen MR) is 116 cm³/mol. The molecule has 29 heavy (non-hydrogen) atoms. The van der Waals surface area contributed by atoms with E-state index in [0.29, 0.717) is 23.6 Å². The first-order chi connectivity index (χ1) is 13.9. The number of amides is 2. The molecule has 0 fully saturated rings. The van der Waals surface area contributed by atoms with Crippen molar-refractivity contribution in [1.29, 1.82) is 0 Å². The minimum absolute atomic E-state index is 0.211. The lowest BCUT2D eigenvalue weighted by atomic mass is 10.0. The zero-order valence-electron chi connectivity index (χ0n) is 16.8. The number of hydrogen-bond donors (Lipinski definition) is 2. The van der Waals surface area contributed by atoms with Crippen molar-refractivity contribution in [2.45, 2.75) is 33.2 Å². The van der Waals surface area contributed by atoms with E-state index < -0.39 is 6.04 Å². The quantitative estimate of drug-likeness (QED) is 0.479. The number of rotatable bonds is 9. The van der Waals surface area contributed by atoms with Crippen molar-refractivity contribution in [3.05, 3.63) is 64.7 Å². The molecule has 0 heterocycles. The Labute approximate surface area is 176 Å². The second-order valence-corrected chi connectivity index (χ2v) is 7.34. The molecule has 2 amide bonds. The molecule has 0 aliphatic carbocycles. The molecule has 0 saturated carbocycles. The Balaban J connectivity index is 2.01. The predicted octanol–water partition coefficient (Wildman–Crippen LogP) is 4.03. The summed E-state index contributed by atoms with van der Waals surface area (Å²) in [6.07, 6.45) is 2.02. The number of carbonyl (C=O) groups is 2. The summed E-state index contributed by atoms with van der Waals surface area (Å²) in [4.78, 5) is 25.0. The summed E-state index contributed by atoms with van der Waals surface area (Å²) in [6.45, 7) is 6.45. The van der Waals surface area contributed by atoms with Crippen molar-refractivity contribution < 1.29 is 14.3 Å². The second kappa shape index (κ2) is 11.2. The third-order valence-electron chi connectivity index (χ3n) is 3.99. The van der Waals surface area contributed by atoms with Crippen LogP contribution in [0.15, 0.2) is 53.6 Å². The van der Waals surface area contributed by atoms with E-state index in [-0.39, 0.29) is 17.7 Å². The van der Waals surface area contributed by atoms with Crippen LogP contribution in [0, 0.1) is 5.92 Å². The number of nitrogens with zero attached hydrogens (tertiary/aromatic N) is 1. The molecule has 0 aliphatic rings. The van der Waals surface area contributed by atoms with Crippen molar-refractivity contribution >= 4 is 29.6 Å². The van der Waals surface area contributed by atoms with Gasteiger partial charge in [-0.05, 0) is 61.2 Å². The Morgan fingerprint density at radius 1 is 1.17 bits per heavy atom. The lowest BCUT2D eigenvalue weighted by molar-refractivity contribution is -0.123. The van der Waals surface area contributed by atoms with Crippen molar-refractivity contribution in [3.8, 4) is 5.75 Å². The number of nitrogens with one attached hydrogen (secondary N) is 2. The standard InChI is InChI=1S/C22H26ClN3O3/c1-4-29-19-7-5-6-16(13-19)14-24-26-22(28)20(12-15(2)3)25-21(27)17-8-10-18(23)11-9-17/h5-11,13-15,20H,4,12H2,1-3H3,(H,25,27)(H,26,28)/b24-14+. The third kappa shape index (κ3) is 7.58. The van der Waals surface area contributed by atoms with E-state index >= 15 is 0 Å². The average Bonchev–Trinajstić information content (AvgIpc) is 2.68. The molecule has 0 bridgehead atoms. The summed E-state index contributed by atoms with van der Waals surface area (Å²) >= 11 is 5.86. The smallest absolute Gasteiger partial charge is 0.262 e. The molecule has 2 rings (SSSR count). The summed E-state index contributed by atoms with van der Waals surface area (Å²) in [7, 11) is 0. The lowest BCUT2D eigenvalue weighted by Crippen LogP contribution is -2.46. The average molecular weight is 416 g/mol. The number of benzene rings is 2. The van der Waals surface area contributed by atoms with E-state index in [2.05, 4.69) is 15.8 Å². The summed E-state index contributed by atoms with van der Waals surface area (Å²) in [5, 5.41) is 7.33. The van der Waals surface area contributed by atoms with Crippen molar-refractivity contribution in [3.63, 3.8) is 0 Å². The zero-order valence-corrected chi connectivity index (χ0v) is 17.6. The first-order valence-corrected chi connectivity index (χ1v) is 9.89. The van der Waals surface area contributed by atoms with Gasteiger partial charge < -0.3 is 10.1 Å². The molecular weight excluding hydrogens is 390 g/mol. The molecule has 2 aromatic carbocycles. The summed E-state index contributed by atoms with van der Waals surface area (Å²) < 4.78 is 5.44. The largest absolute Gasteiger partial charge is 0.494 e. The molecule has 2 N–H and O–H groups in total. The van der Waals surface area contributed by atoms with Gasteiger partial charge in [0.15, 0.2) is 0 Å². The van der Waals surface area contributed by atoms with E-state index in [1.807, 2.05) is 45.0 Å². The van der Waals surface area contributed by atoms with Crippen LogP contribution in [0.25, 0.3) is 0 Å². The highest BCUT2D eigenvalue weighted by molar-refractivity contribution is 6.30. The van der Waals surface area contributed by atoms with E-state index in [0.717, 1.165) is 11.3 Å². The first kappa shape index (κ1) is 22.4. The Morgan fingerprint density at radius 2 is 1.90 bits per heavy atom. The minimum Gasteiger partial charge on any atom is -0.494 e. The number of halogens is 1. The fourth-order valence-corrected chi connectivity index (χ4v) is 2.77. The minimum atomic E-state index is -0.704. The lowest BCUT2D eigenvalue weighted by Gasteiger charge is -2.19. The Kier molecular flexibility index (Phi) is 8.68. The fraction of sp³-hybridized carbons (Fsp3) is 0.318. The Morgan fingerprint density at radius 3 is 2.55 bits per heavy atom. The van der Waals surface area contributed by atoms with E-state index in [1.165, 1.54) is 6.21 Å². The van der Waals surface area contributed by atoms with E-state index in [9.17, 15) is 9.59 Å². The van der Waals surface area contributed by atoms with Gasteiger partial charge >= 0.3 is 0 Å². The van der Waals surface area contributed by atoms with Gasteiger partial charge in [-0.25, -0.2) is 5.43 Å². The van der Waals surface area contributed by atoms with Crippen LogP contribution in [0.3, 0.4) is 0 Å². The normalized spacial score (nSPS) is 12.0. The molecule has 0 saturated heterocycles. The molecule has 6 nitrogen and oxygen atoms in total. The van der Waals surface area contributed by atoms with Gasteiger partial charge in [-0.1, -0.05) is 37.6 Å². The van der Waals surface area contributed by atoms with Crippen LogP contribution in [-0.2, 0) is 4.79 Å². The highest BCUT2D eigenvalue weighted by Crippen LogP contribution is 2.12. The molecule has 2 aromatic rings. The Bertz CT molecular complexity index is 851. The second-order valence-electron chi connectivity index (χ2n) is 6.90. The van der Waals surface area contributed by atoms with Crippen LogP contribution in [0.1, 0.15) is 43.1 Å². The molecule has 154 valence electrons. The van der Waals surface area contributed by atoms with Gasteiger partial charge in [0.1, 0.15) is 11.8 Å². The summed E-state index contributed by atoms with van der Waals surface area (Å²) in [5.41, 5.74) is 3.74. The molecule has 0 radical (unpaired) electrons. The molecule has 1 atom stereocenters. The van der Waals surface area contributed by atoms with Gasteiger partial charge in [0.25, 0.3) is 11.8 Å². The maximum Gasteiger partial charge on any atom is 0.262 e. The molecule has 0 spiro atoms. The van der Waals surface area contributed by atoms with Gasteiger partial charge in [-0.3, -0.25) is 9.59 Å². The third-order valence-corrected chi connectivity index (χ3v) is 4.24. The monoisotopic (exact) mass is 415 g/mol. The van der Waals surface area contributed by atoms with Crippen molar-refractivity contribution in [2.24, 2.45) is 11.0 Å². The number of carbonyl (C=O) groups excluding carboxylic acids is 2. The highest BCUT2D eigenvalue weighted by Gasteiger charge is 2.22. The summed E-state index contributed by atoms with van der Waals surface area (Å²) in [5.74, 6) is 0.230. The van der Waals surface area contributed by atoms with Gasteiger partial charge in [0, 0.05) is 10.6 Å². The number of hydrazone groups is 1. The van der Waals surface area contributed by atoms with Gasteiger partial charge in [0.2, 0.25) is 0 Å². The van der Waals surface area contributed by atoms with Crippen LogP contribution in [0.4, 0.5) is 0 Å². The molecule has 7 heteroatoms. The molecule has 1 unspecified atom stereocenters. The highest BCUT2D eigenvalue weighted by atomic mass is 35.5. The van der Waals surface area contributed by atoms with Crippen LogP contribution < -0.4 is 15.5 Å². The van der Waals surface area contributed by atoms with Crippen LogP contribution in [0.2, 0.25) is 5.02 Å². The van der Waals surface area contributed by atoms with Crippen LogP contribution >= 0.6 is 11.6 Å². The molecular formula is C22H26ClN3O3. The number of hydrogen-bond acceptors (Lipinski definition) is 4. The maximum absolute atomic E-state index is 12.6. The van der Waals surface area contributed by atoms with Gasteiger partial charge in [-0.2, -0.15) is 5.10 Å². The zero-order chi connectivity index (χ0) is 21.2. The fourth-order valence-electron chi connectivity index (χ4n) is 2.65. The van der Waals surface area contributed by atoms with Crippen molar-refractivity contribution in [2.75, 3.05) is 6.61 Å². The molecule has 0 aliphatic heterocycles. The number of ether oxygens (including phenoxy) is 1. The van der Waals surface area contributed by atoms with Gasteiger partial charge in [-0.15, -0.1) is 0 Å². The van der Waals surface area contributed by atoms with E-state index in [1.54, 1.807) is 24.3 Å². The van der Waals surface area contributed by atoms with E-state index in [4.69, 9.17) is 16.3 Å². The molecule has 0 aromatic heterocycles. The van der Waals surface area contributed by atoms with Crippen molar-refractivity contribution in [1.82, 2.24) is 10.7 Å². The first-order valence-electron chi connectivity index (χ1n) is 9.51.